The summed E-state index contributed by atoms with van der Waals surface area (Å²) in [6.45, 7) is 0.817. The molecule has 1 fully saturated rings. The van der Waals surface area contributed by atoms with E-state index in [1.807, 2.05) is 35.4 Å². The number of hydrogen-bond acceptors (Lipinski definition) is 2. The Labute approximate surface area is 132 Å². The third-order valence-corrected chi connectivity index (χ3v) is 5.20. The first-order valence-electron chi connectivity index (χ1n) is 7.50. The first kappa shape index (κ1) is 13.4. The molecule has 1 atom stereocenters. The summed E-state index contributed by atoms with van der Waals surface area (Å²) in [6.07, 6.45) is 4.00. The maximum Gasteiger partial charge on any atom is 0.322 e. The molecule has 0 radical (unpaired) electrons. The van der Waals surface area contributed by atoms with Crippen LogP contribution in [0.2, 0.25) is 0 Å². The van der Waals surface area contributed by atoms with Crippen molar-refractivity contribution in [3.8, 4) is 0 Å². The molecule has 1 aromatic carbocycles. The van der Waals surface area contributed by atoms with Crippen molar-refractivity contribution in [1.29, 1.82) is 0 Å². The Kier molecular flexibility index (Phi) is 3.35. The van der Waals surface area contributed by atoms with Crippen LogP contribution in [0.5, 0.6) is 0 Å². The highest BCUT2D eigenvalue weighted by atomic mass is 32.1. The predicted octanol–water partition coefficient (Wildman–Crippen LogP) is 4.60. The summed E-state index contributed by atoms with van der Waals surface area (Å²) in [6, 6.07) is 12.3. The van der Waals surface area contributed by atoms with Gasteiger partial charge in [-0.25, -0.2) is 4.79 Å². The van der Waals surface area contributed by atoms with E-state index >= 15 is 0 Å². The number of urea groups is 1. The number of fused-ring (bicyclic) bond motifs is 1. The van der Waals surface area contributed by atoms with Crippen LogP contribution in [0.15, 0.2) is 48.0 Å². The minimum atomic E-state index is -0.00963. The number of anilines is 1. The van der Waals surface area contributed by atoms with Gasteiger partial charge in [0.15, 0.2) is 0 Å². The van der Waals surface area contributed by atoms with Crippen molar-refractivity contribution < 1.29 is 4.79 Å². The Balaban J connectivity index is 1.58. The van der Waals surface area contributed by atoms with Crippen molar-refractivity contribution in [2.24, 2.45) is 0 Å². The molecule has 0 spiro atoms. The fourth-order valence-electron chi connectivity index (χ4n) is 3.17. The molecule has 0 bridgehead atoms. The van der Waals surface area contributed by atoms with Crippen molar-refractivity contribution in [3.05, 3.63) is 52.9 Å². The number of amides is 2. The lowest BCUT2D eigenvalue weighted by Crippen LogP contribution is -2.34. The standard InChI is InChI=1S/C17H17N3OS/c21-17(19-14-5-1-4-13-12(14)8-9-18-13)20-10-2-6-15(20)16-7-3-11-22-16/h1,3-5,7-9,11,15,18H,2,6,10H2,(H,19,21)/t15-/m1/s1. The van der Waals surface area contributed by atoms with Gasteiger partial charge in [0.2, 0.25) is 0 Å². The zero-order valence-corrected chi connectivity index (χ0v) is 12.9. The third kappa shape index (κ3) is 2.27. The molecule has 0 saturated carbocycles. The van der Waals surface area contributed by atoms with Crippen LogP contribution < -0.4 is 5.32 Å². The number of H-pyrrole nitrogens is 1. The SMILES string of the molecule is O=C(Nc1cccc2[nH]ccc12)N1CCC[C@@H]1c1cccs1. The van der Waals surface area contributed by atoms with Crippen LogP contribution in [-0.4, -0.2) is 22.5 Å². The van der Waals surface area contributed by atoms with Crippen molar-refractivity contribution in [1.82, 2.24) is 9.88 Å². The number of thiophene rings is 1. The van der Waals surface area contributed by atoms with E-state index in [-0.39, 0.29) is 12.1 Å². The maximum absolute atomic E-state index is 12.7. The molecule has 5 heteroatoms. The van der Waals surface area contributed by atoms with E-state index in [0.29, 0.717) is 0 Å². The van der Waals surface area contributed by atoms with Gasteiger partial charge in [0.1, 0.15) is 0 Å². The minimum absolute atomic E-state index is 0.00963. The second-order valence-electron chi connectivity index (χ2n) is 5.54. The summed E-state index contributed by atoms with van der Waals surface area (Å²) in [5, 5.41) is 6.19. The van der Waals surface area contributed by atoms with Gasteiger partial charge < -0.3 is 15.2 Å². The Hall–Kier alpha value is -2.27. The molecular formula is C17H17N3OS. The maximum atomic E-state index is 12.7. The number of rotatable bonds is 2. The number of carbonyl (C=O) groups is 1. The average Bonchev–Trinajstić information content (AvgIpc) is 3.27. The lowest BCUT2D eigenvalue weighted by molar-refractivity contribution is 0.208. The lowest BCUT2D eigenvalue weighted by Gasteiger charge is -2.24. The van der Waals surface area contributed by atoms with Crippen molar-refractivity contribution >= 4 is 34.0 Å². The molecule has 2 amide bonds. The molecular weight excluding hydrogens is 294 g/mol. The zero-order valence-electron chi connectivity index (χ0n) is 12.1. The molecule has 3 heterocycles. The minimum Gasteiger partial charge on any atom is -0.361 e. The quantitative estimate of drug-likeness (QED) is 0.714. The number of likely N-dealkylation sites (tertiary alicyclic amines) is 1. The number of hydrogen-bond donors (Lipinski definition) is 2. The van der Waals surface area contributed by atoms with E-state index in [9.17, 15) is 4.79 Å². The van der Waals surface area contributed by atoms with Crippen LogP contribution in [-0.2, 0) is 0 Å². The van der Waals surface area contributed by atoms with E-state index in [2.05, 4.69) is 27.8 Å². The number of aromatic amines is 1. The highest BCUT2D eigenvalue weighted by Gasteiger charge is 2.30. The molecule has 0 aliphatic carbocycles. The number of carbonyl (C=O) groups excluding carboxylic acids is 1. The Morgan fingerprint density at radius 1 is 1.27 bits per heavy atom. The Bertz CT molecular complexity index is 793. The summed E-state index contributed by atoms with van der Waals surface area (Å²) < 4.78 is 0. The van der Waals surface area contributed by atoms with Crippen molar-refractivity contribution in [3.63, 3.8) is 0 Å². The zero-order chi connectivity index (χ0) is 14.9. The second-order valence-corrected chi connectivity index (χ2v) is 6.52. The molecule has 2 aromatic heterocycles. The van der Waals surface area contributed by atoms with Crippen molar-refractivity contribution in [2.75, 3.05) is 11.9 Å². The molecule has 1 aliphatic rings. The van der Waals surface area contributed by atoms with Gasteiger partial charge in [-0.3, -0.25) is 0 Å². The van der Waals surface area contributed by atoms with Gasteiger partial charge in [-0.1, -0.05) is 12.1 Å². The molecule has 3 aromatic rings. The summed E-state index contributed by atoms with van der Waals surface area (Å²) >= 11 is 1.72. The smallest absolute Gasteiger partial charge is 0.322 e. The monoisotopic (exact) mass is 311 g/mol. The van der Waals surface area contributed by atoms with Gasteiger partial charge >= 0.3 is 6.03 Å². The fraction of sp³-hybridized carbons (Fsp3) is 0.235. The van der Waals surface area contributed by atoms with E-state index < -0.39 is 0 Å². The van der Waals surface area contributed by atoms with Crippen LogP contribution in [0, 0.1) is 0 Å². The van der Waals surface area contributed by atoms with Crippen LogP contribution in [0.1, 0.15) is 23.8 Å². The van der Waals surface area contributed by atoms with Gasteiger partial charge in [-0.05, 0) is 42.5 Å². The molecule has 4 rings (SSSR count). The molecule has 1 aliphatic heterocycles. The molecule has 0 unspecified atom stereocenters. The summed E-state index contributed by atoms with van der Waals surface area (Å²) in [5.74, 6) is 0. The van der Waals surface area contributed by atoms with E-state index in [4.69, 9.17) is 0 Å². The van der Waals surface area contributed by atoms with Crippen molar-refractivity contribution in [2.45, 2.75) is 18.9 Å². The average molecular weight is 311 g/mol. The number of nitrogens with zero attached hydrogens (tertiary/aromatic N) is 1. The summed E-state index contributed by atoms with van der Waals surface area (Å²) in [5.41, 5.74) is 1.90. The summed E-state index contributed by atoms with van der Waals surface area (Å²) in [4.78, 5) is 19.1. The first-order chi connectivity index (χ1) is 10.8. The van der Waals surface area contributed by atoms with Gasteiger partial charge in [0, 0.05) is 28.5 Å². The van der Waals surface area contributed by atoms with E-state index in [1.54, 1.807) is 11.3 Å². The van der Waals surface area contributed by atoms with Gasteiger partial charge in [-0.15, -0.1) is 11.3 Å². The molecule has 4 nitrogen and oxygen atoms in total. The van der Waals surface area contributed by atoms with Gasteiger partial charge in [0.25, 0.3) is 0 Å². The normalized spacial score (nSPS) is 18.0. The number of aromatic nitrogens is 1. The molecule has 112 valence electrons. The van der Waals surface area contributed by atoms with Crippen LogP contribution in [0.4, 0.5) is 10.5 Å². The van der Waals surface area contributed by atoms with Gasteiger partial charge in [-0.2, -0.15) is 0 Å². The van der Waals surface area contributed by atoms with E-state index in [1.165, 1.54) is 4.88 Å². The van der Waals surface area contributed by atoms with Crippen LogP contribution in [0.25, 0.3) is 10.9 Å². The van der Waals surface area contributed by atoms with Crippen LogP contribution >= 0.6 is 11.3 Å². The first-order valence-corrected chi connectivity index (χ1v) is 8.38. The molecule has 2 N–H and O–H groups in total. The topological polar surface area (TPSA) is 48.1 Å². The van der Waals surface area contributed by atoms with E-state index in [0.717, 1.165) is 36.0 Å². The highest BCUT2D eigenvalue weighted by Crippen LogP contribution is 2.35. The van der Waals surface area contributed by atoms with Crippen LogP contribution in [0.3, 0.4) is 0 Å². The predicted molar refractivity (Wildman–Crippen MR) is 90.3 cm³/mol. The fourth-order valence-corrected chi connectivity index (χ4v) is 4.04. The third-order valence-electron chi connectivity index (χ3n) is 4.22. The Morgan fingerprint density at radius 3 is 3.09 bits per heavy atom. The molecule has 1 saturated heterocycles. The Morgan fingerprint density at radius 2 is 2.23 bits per heavy atom. The molecule has 22 heavy (non-hydrogen) atoms. The number of nitrogens with one attached hydrogen (secondary N) is 2. The highest BCUT2D eigenvalue weighted by molar-refractivity contribution is 7.10. The largest absolute Gasteiger partial charge is 0.361 e. The lowest BCUT2D eigenvalue weighted by atomic mass is 10.2. The number of benzene rings is 1. The summed E-state index contributed by atoms with van der Waals surface area (Å²) in [7, 11) is 0. The second kappa shape index (κ2) is 5.50. The van der Waals surface area contributed by atoms with Gasteiger partial charge in [0.05, 0.1) is 11.7 Å².